The van der Waals surface area contributed by atoms with E-state index in [4.69, 9.17) is 5.73 Å². The van der Waals surface area contributed by atoms with E-state index in [9.17, 15) is 14.4 Å². The molecule has 2 aromatic heterocycles. The van der Waals surface area contributed by atoms with E-state index in [1.54, 1.807) is 18.3 Å². The molecule has 0 unspecified atom stereocenters. The third-order valence-electron chi connectivity index (χ3n) is 3.84. The monoisotopic (exact) mass is 336 g/mol. The van der Waals surface area contributed by atoms with Gasteiger partial charge in [0.2, 0.25) is 0 Å². The van der Waals surface area contributed by atoms with Crippen LogP contribution in [0.3, 0.4) is 0 Å². The highest BCUT2D eigenvalue weighted by molar-refractivity contribution is 7.10. The summed E-state index contributed by atoms with van der Waals surface area (Å²) in [5.41, 5.74) is 4.35. The Bertz CT molecular complexity index is 807. The minimum Gasteiger partial charge on any atom is -0.384 e. The second-order valence-corrected chi connectivity index (χ2v) is 6.27. The van der Waals surface area contributed by atoms with E-state index >= 15 is 0 Å². The van der Waals surface area contributed by atoms with Crippen molar-refractivity contribution in [3.05, 3.63) is 48.8 Å². The van der Waals surface area contributed by atoms with Crippen molar-refractivity contribution in [3.8, 4) is 0 Å². The molecule has 8 heteroatoms. The highest BCUT2D eigenvalue weighted by atomic mass is 32.1. The predicted molar refractivity (Wildman–Crippen MR) is 91.1 cm³/mol. The Labute approximate surface area is 137 Å². The number of nitrogen functional groups attached to an aromatic ring is 1. The highest BCUT2D eigenvalue weighted by Crippen LogP contribution is 2.23. The van der Waals surface area contributed by atoms with Gasteiger partial charge in [0.15, 0.2) is 5.78 Å². The molecule has 0 aromatic carbocycles. The number of aromatic nitrogens is 2. The van der Waals surface area contributed by atoms with Gasteiger partial charge < -0.3 is 5.73 Å². The maximum absolute atomic E-state index is 12.5. The molecule has 0 amide bonds. The van der Waals surface area contributed by atoms with Crippen LogP contribution in [-0.2, 0) is 6.54 Å². The number of anilines is 1. The Kier molecular flexibility index (Phi) is 5.17. The molecular formula is C15H20N4O3S. The molecule has 0 saturated carbocycles. The number of aromatic amines is 1. The van der Waals surface area contributed by atoms with Crippen molar-refractivity contribution in [2.24, 2.45) is 0 Å². The number of nitrogens with one attached hydrogen (secondary N) is 1. The number of nitrogens with zero attached hydrogens (tertiary/aromatic N) is 2. The molecular weight excluding hydrogens is 316 g/mol. The van der Waals surface area contributed by atoms with Gasteiger partial charge in [-0.1, -0.05) is 6.07 Å². The van der Waals surface area contributed by atoms with E-state index in [2.05, 4.69) is 4.98 Å². The van der Waals surface area contributed by atoms with Crippen molar-refractivity contribution in [2.45, 2.75) is 26.4 Å². The van der Waals surface area contributed by atoms with E-state index < -0.39 is 17.0 Å². The number of nitrogens with two attached hydrogens (primary N) is 1. The quantitative estimate of drug-likeness (QED) is 0.769. The average molecular weight is 336 g/mol. The zero-order valence-electron chi connectivity index (χ0n) is 13.3. The number of likely N-dealkylation sites (N-methyl/N-ethyl adjacent to an activating group) is 1. The van der Waals surface area contributed by atoms with Crippen LogP contribution < -0.4 is 17.0 Å². The molecule has 0 saturated heterocycles. The largest absolute Gasteiger partial charge is 0.384 e. The molecule has 7 nitrogen and oxygen atoms in total. The fourth-order valence-corrected chi connectivity index (χ4v) is 3.21. The fourth-order valence-electron chi connectivity index (χ4n) is 2.36. The average Bonchev–Trinajstić information content (AvgIpc) is 3.00. The lowest BCUT2D eigenvalue weighted by molar-refractivity contribution is 0.0924. The van der Waals surface area contributed by atoms with Gasteiger partial charge in [-0.2, -0.15) is 0 Å². The number of hydrogen-bond donors (Lipinski definition) is 2. The summed E-state index contributed by atoms with van der Waals surface area (Å²) in [6.07, 6.45) is 0. The number of carbonyl (C=O) groups is 1. The Hall–Kier alpha value is -2.19. The van der Waals surface area contributed by atoms with Gasteiger partial charge in [0.25, 0.3) is 5.56 Å². The van der Waals surface area contributed by atoms with E-state index in [1.807, 2.05) is 36.4 Å². The van der Waals surface area contributed by atoms with E-state index in [1.165, 1.54) is 4.57 Å². The molecule has 1 atom stereocenters. The van der Waals surface area contributed by atoms with Crippen molar-refractivity contribution in [3.63, 3.8) is 0 Å². The third kappa shape index (κ3) is 3.43. The summed E-state index contributed by atoms with van der Waals surface area (Å²) in [7, 11) is 1.81. The second kappa shape index (κ2) is 6.93. The van der Waals surface area contributed by atoms with Crippen molar-refractivity contribution in [2.75, 3.05) is 19.3 Å². The molecule has 0 radical (unpaired) electrons. The summed E-state index contributed by atoms with van der Waals surface area (Å²) < 4.78 is 1.18. The number of ketones is 1. The smallest absolute Gasteiger partial charge is 0.329 e. The van der Waals surface area contributed by atoms with E-state index in [-0.39, 0.29) is 30.5 Å². The van der Waals surface area contributed by atoms with Gasteiger partial charge >= 0.3 is 5.69 Å². The number of hydrogen-bond acceptors (Lipinski definition) is 6. The second-order valence-electron chi connectivity index (χ2n) is 5.29. The zero-order chi connectivity index (χ0) is 17.1. The highest BCUT2D eigenvalue weighted by Gasteiger charge is 2.22. The van der Waals surface area contributed by atoms with Crippen LogP contribution in [0.5, 0.6) is 0 Å². The van der Waals surface area contributed by atoms with Crippen LogP contribution in [-0.4, -0.2) is 33.8 Å². The number of H-pyrrole nitrogens is 1. The summed E-state index contributed by atoms with van der Waals surface area (Å²) in [5.74, 6) is -0.486. The molecule has 124 valence electrons. The summed E-state index contributed by atoms with van der Waals surface area (Å²) in [5, 5.41) is 1.97. The number of carbonyl (C=O) groups excluding carboxylic acids is 1. The van der Waals surface area contributed by atoms with Crippen LogP contribution in [0.4, 0.5) is 5.82 Å². The summed E-state index contributed by atoms with van der Waals surface area (Å²) in [4.78, 5) is 41.2. The van der Waals surface area contributed by atoms with Crippen molar-refractivity contribution < 1.29 is 4.79 Å². The maximum Gasteiger partial charge on any atom is 0.329 e. The molecule has 0 aliphatic carbocycles. The lowest BCUT2D eigenvalue weighted by Crippen LogP contribution is -2.38. The zero-order valence-corrected chi connectivity index (χ0v) is 14.1. The molecule has 0 spiro atoms. The normalized spacial score (nSPS) is 12.5. The van der Waals surface area contributed by atoms with Crippen LogP contribution in [0.25, 0.3) is 0 Å². The maximum atomic E-state index is 12.5. The van der Waals surface area contributed by atoms with Crippen molar-refractivity contribution in [1.29, 1.82) is 0 Å². The van der Waals surface area contributed by atoms with Crippen LogP contribution in [0.15, 0.2) is 27.1 Å². The minimum absolute atomic E-state index is 0.0360. The lowest BCUT2D eigenvalue weighted by Gasteiger charge is -2.23. The lowest BCUT2D eigenvalue weighted by atomic mass is 10.1. The van der Waals surface area contributed by atoms with Gasteiger partial charge in [0.05, 0.1) is 6.54 Å². The van der Waals surface area contributed by atoms with Crippen molar-refractivity contribution >= 4 is 22.9 Å². The molecule has 2 rings (SSSR count). The van der Waals surface area contributed by atoms with Crippen LogP contribution in [0.1, 0.15) is 35.1 Å². The van der Waals surface area contributed by atoms with E-state index in [0.29, 0.717) is 0 Å². The van der Waals surface area contributed by atoms with Gasteiger partial charge in [-0.25, -0.2) is 4.79 Å². The Morgan fingerprint density at radius 2 is 2.17 bits per heavy atom. The Morgan fingerprint density at radius 1 is 1.48 bits per heavy atom. The van der Waals surface area contributed by atoms with Gasteiger partial charge in [-0.05, 0) is 32.3 Å². The Balaban J connectivity index is 2.28. The molecule has 2 heterocycles. The molecule has 0 fully saturated rings. The molecule has 0 aliphatic rings. The van der Waals surface area contributed by atoms with Gasteiger partial charge in [-0.15, -0.1) is 11.3 Å². The number of thiophene rings is 1. The molecule has 0 aliphatic heterocycles. The van der Waals surface area contributed by atoms with Crippen LogP contribution in [0.2, 0.25) is 0 Å². The first-order valence-corrected chi connectivity index (χ1v) is 8.14. The Morgan fingerprint density at radius 3 is 2.74 bits per heavy atom. The summed E-state index contributed by atoms with van der Waals surface area (Å²) in [6.45, 7) is 4.02. The number of rotatable bonds is 6. The first-order valence-electron chi connectivity index (χ1n) is 7.26. The van der Waals surface area contributed by atoms with Gasteiger partial charge in [0.1, 0.15) is 11.4 Å². The van der Waals surface area contributed by atoms with Crippen molar-refractivity contribution in [1.82, 2.24) is 14.5 Å². The van der Waals surface area contributed by atoms with Crippen LogP contribution >= 0.6 is 11.3 Å². The summed E-state index contributed by atoms with van der Waals surface area (Å²) in [6, 6.07) is 3.98. The minimum atomic E-state index is -0.737. The molecule has 0 bridgehead atoms. The molecule has 3 N–H and O–H groups in total. The fraction of sp³-hybridized carbons (Fsp3) is 0.400. The molecule has 2 aromatic rings. The standard InChI is InChI=1S/C15H20N4O3S/c1-4-19-13(16)12(14(21)17-15(19)22)10(20)8-18(3)9(2)11-6-5-7-23-11/h5-7,9H,4,8,16H2,1-3H3,(H,17,21,22)/t9-/m0/s1. The first-order chi connectivity index (χ1) is 10.9. The van der Waals surface area contributed by atoms with Gasteiger partial charge in [0, 0.05) is 17.5 Å². The third-order valence-corrected chi connectivity index (χ3v) is 4.89. The number of Topliss-reactive ketones (excluding diaryl/α,β-unsaturated/α-hetero) is 1. The summed E-state index contributed by atoms with van der Waals surface area (Å²) >= 11 is 1.61. The van der Waals surface area contributed by atoms with E-state index in [0.717, 1.165) is 4.88 Å². The predicted octanol–water partition coefficient (Wildman–Crippen LogP) is 1.08. The first kappa shape index (κ1) is 17.2. The SMILES string of the molecule is CCn1c(N)c(C(=O)CN(C)[C@@H](C)c2cccs2)c(=O)[nH]c1=O. The topological polar surface area (TPSA) is 101 Å². The molecule has 23 heavy (non-hydrogen) atoms. The van der Waals surface area contributed by atoms with Gasteiger partial charge in [-0.3, -0.25) is 24.0 Å². The van der Waals surface area contributed by atoms with Crippen LogP contribution in [0, 0.1) is 0 Å².